The second-order valence-corrected chi connectivity index (χ2v) is 10.7. The van der Waals surface area contributed by atoms with E-state index in [-0.39, 0.29) is 42.1 Å². The summed E-state index contributed by atoms with van der Waals surface area (Å²) >= 11 is 5.90. The number of piperidine rings is 1. The largest absolute Gasteiger partial charge is 0.481 e. The number of aliphatic carboxylic acids is 1. The molecule has 1 N–H and O–H groups in total. The molecule has 2 atom stereocenters. The molecule has 0 aromatic heterocycles. The van der Waals surface area contributed by atoms with Gasteiger partial charge >= 0.3 is 5.97 Å². The smallest absolute Gasteiger partial charge is 0.303 e. The lowest BCUT2D eigenvalue weighted by Gasteiger charge is -2.38. The predicted octanol–water partition coefficient (Wildman–Crippen LogP) is 4.02. The minimum Gasteiger partial charge on any atom is -0.481 e. The van der Waals surface area contributed by atoms with Crippen LogP contribution in [0.3, 0.4) is 0 Å². The van der Waals surface area contributed by atoms with Crippen LogP contribution in [0.4, 0.5) is 4.39 Å². The summed E-state index contributed by atoms with van der Waals surface area (Å²) in [5, 5.41) is 9.84. The maximum Gasteiger partial charge on any atom is 0.303 e. The number of sulfonamides is 1. The van der Waals surface area contributed by atoms with E-state index >= 15 is 0 Å². The third-order valence-electron chi connectivity index (χ3n) is 6.26. The van der Waals surface area contributed by atoms with Gasteiger partial charge in [0.05, 0.1) is 4.90 Å². The van der Waals surface area contributed by atoms with E-state index in [9.17, 15) is 22.7 Å². The van der Waals surface area contributed by atoms with Gasteiger partial charge in [-0.15, -0.1) is 0 Å². The highest BCUT2D eigenvalue weighted by atomic mass is 35.5. The molecule has 0 saturated carbocycles. The number of carboxylic acids is 1. The van der Waals surface area contributed by atoms with Crippen LogP contribution in [0, 0.1) is 17.7 Å². The first-order chi connectivity index (χ1) is 15.2. The molecule has 0 spiro atoms. The lowest BCUT2D eigenvalue weighted by Crippen LogP contribution is -2.45. The molecule has 1 fully saturated rings. The number of carbonyl (C=O) groups is 1. The zero-order valence-corrected chi connectivity index (χ0v) is 18.9. The Morgan fingerprint density at radius 2 is 1.94 bits per heavy atom. The third-order valence-corrected chi connectivity index (χ3v) is 8.39. The van der Waals surface area contributed by atoms with Crippen LogP contribution >= 0.6 is 11.6 Å². The molecule has 0 amide bonds. The van der Waals surface area contributed by atoms with Gasteiger partial charge in [-0.2, -0.15) is 4.31 Å². The molecule has 32 heavy (non-hydrogen) atoms. The number of hydrogen-bond donors (Lipinski definition) is 1. The SMILES string of the molecule is O=C(O)C[C@@H]1CCN(S(=O)(=O)c2ccc(Cl)cc2)C[C@@H]1CC1=NCCc2cc(F)ccc21. The van der Waals surface area contributed by atoms with E-state index < -0.39 is 16.0 Å². The van der Waals surface area contributed by atoms with Gasteiger partial charge in [0.2, 0.25) is 10.0 Å². The van der Waals surface area contributed by atoms with Crippen molar-refractivity contribution in [3.8, 4) is 0 Å². The molecule has 2 aliphatic rings. The van der Waals surface area contributed by atoms with Crippen molar-refractivity contribution in [1.29, 1.82) is 0 Å². The molecule has 0 radical (unpaired) electrons. The average Bonchev–Trinajstić information content (AvgIpc) is 2.74. The molecule has 1 saturated heterocycles. The summed E-state index contributed by atoms with van der Waals surface area (Å²) in [4.78, 5) is 16.2. The zero-order chi connectivity index (χ0) is 22.9. The van der Waals surface area contributed by atoms with Gasteiger partial charge in [-0.05, 0) is 84.7 Å². The Labute approximate surface area is 191 Å². The highest BCUT2D eigenvalue weighted by Crippen LogP contribution is 2.34. The number of nitrogens with zero attached hydrogens (tertiary/aromatic N) is 2. The summed E-state index contributed by atoms with van der Waals surface area (Å²) < 4.78 is 41.5. The first kappa shape index (κ1) is 22.9. The molecule has 4 rings (SSSR count). The van der Waals surface area contributed by atoms with E-state index in [0.717, 1.165) is 16.8 Å². The molecule has 2 aliphatic heterocycles. The van der Waals surface area contributed by atoms with Gasteiger partial charge in [0, 0.05) is 36.8 Å². The summed E-state index contributed by atoms with van der Waals surface area (Å²) in [7, 11) is -3.73. The first-order valence-electron chi connectivity index (χ1n) is 10.5. The summed E-state index contributed by atoms with van der Waals surface area (Å²) in [5.74, 6) is -1.58. The van der Waals surface area contributed by atoms with E-state index in [1.165, 1.54) is 40.7 Å². The van der Waals surface area contributed by atoms with Crippen molar-refractivity contribution in [3.63, 3.8) is 0 Å². The highest BCUT2D eigenvalue weighted by Gasteiger charge is 2.37. The number of aliphatic imine (C=N–C) groups is 1. The number of hydrogen-bond acceptors (Lipinski definition) is 4. The Morgan fingerprint density at radius 3 is 2.66 bits per heavy atom. The number of benzene rings is 2. The monoisotopic (exact) mass is 478 g/mol. The van der Waals surface area contributed by atoms with E-state index in [2.05, 4.69) is 4.99 Å². The summed E-state index contributed by atoms with van der Waals surface area (Å²) in [6.07, 6.45) is 1.52. The van der Waals surface area contributed by atoms with Crippen molar-refractivity contribution < 1.29 is 22.7 Å². The minimum absolute atomic E-state index is 0.0247. The Morgan fingerprint density at radius 1 is 1.19 bits per heavy atom. The van der Waals surface area contributed by atoms with Crippen molar-refractivity contribution in [2.75, 3.05) is 19.6 Å². The predicted molar refractivity (Wildman–Crippen MR) is 120 cm³/mol. The van der Waals surface area contributed by atoms with Crippen LogP contribution in [0.2, 0.25) is 5.02 Å². The van der Waals surface area contributed by atoms with Gasteiger partial charge < -0.3 is 5.11 Å². The summed E-state index contributed by atoms with van der Waals surface area (Å²) in [5.41, 5.74) is 2.54. The molecule has 2 heterocycles. The molecule has 0 bridgehead atoms. The molecule has 6 nitrogen and oxygen atoms in total. The van der Waals surface area contributed by atoms with Crippen molar-refractivity contribution >= 4 is 33.3 Å². The van der Waals surface area contributed by atoms with Crippen LogP contribution in [0.1, 0.15) is 30.4 Å². The fourth-order valence-corrected chi connectivity index (χ4v) is 6.25. The molecule has 2 aromatic carbocycles. The van der Waals surface area contributed by atoms with E-state index in [4.69, 9.17) is 11.6 Å². The Balaban J connectivity index is 1.60. The normalized spacial score (nSPS) is 21.6. The maximum absolute atomic E-state index is 13.7. The maximum atomic E-state index is 13.7. The van der Waals surface area contributed by atoms with Gasteiger partial charge in [-0.25, -0.2) is 12.8 Å². The number of rotatable bonds is 6. The highest BCUT2D eigenvalue weighted by molar-refractivity contribution is 7.89. The van der Waals surface area contributed by atoms with Gasteiger partial charge in [0.1, 0.15) is 5.82 Å². The average molecular weight is 479 g/mol. The standard InChI is InChI=1S/C23H24ClFN2O4S/c24-18-1-4-20(5-2-18)32(30,31)27-10-8-15(13-23(28)29)17(14-27)12-22-21-6-3-19(25)11-16(21)7-9-26-22/h1-6,11,15,17H,7-10,12-14H2,(H,28,29)/t15-,17-/m0/s1. The topological polar surface area (TPSA) is 87.0 Å². The van der Waals surface area contributed by atoms with Crippen molar-refractivity contribution in [3.05, 3.63) is 64.4 Å². The van der Waals surface area contributed by atoms with Crippen LogP contribution in [0.5, 0.6) is 0 Å². The zero-order valence-electron chi connectivity index (χ0n) is 17.4. The second-order valence-electron chi connectivity index (χ2n) is 8.31. The van der Waals surface area contributed by atoms with Crippen LogP contribution in [0.25, 0.3) is 0 Å². The third kappa shape index (κ3) is 4.87. The van der Waals surface area contributed by atoms with Crippen LogP contribution in [-0.2, 0) is 21.2 Å². The molecular formula is C23H24ClFN2O4S. The number of fused-ring (bicyclic) bond motifs is 1. The van der Waals surface area contributed by atoms with E-state index in [0.29, 0.717) is 30.8 Å². The lowest BCUT2D eigenvalue weighted by atomic mass is 9.79. The van der Waals surface area contributed by atoms with Gasteiger partial charge in [-0.3, -0.25) is 9.79 Å². The van der Waals surface area contributed by atoms with Crippen LogP contribution in [-0.4, -0.2) is 49.1 Å². The van der Waals surface area contributed by atoms with Crippen molar-refractivity contribution in [2.45, 2.75) is 30.6 Å². The Hall–Kier alpha value is -2.29. The van der Waals surface area contributed by atoms with Gasteiger partial charge in [0.25, 0.3) is 0 Å². The van der Waals surface area contributed by atoms with E-state index in [1.807, 2.05) is 0 Å². The molecule has 2 aromatic rings. The fourth-order valence-electron chi connectivity index (χ4n) is 4.62. The molecule has 0 aliphatic carbocycles. The van der Waals surface area contributed by atoms with E-state index in [1.54, 1.807) is 6.07 Å². The van der Waals surface area contributed by atoms with Gasteiger partial charge in [0.15, 0.2) is 0 Å². The van der Waals surface area contributed by atoms with Gasteiger partial charge in [-0.1, -0.05) is 11.6 Å². The molecule has 170 valence electrons. The van der Waals surface area contributed by atoms with Crippen LogP contribution < -0.4 is 0 Å². The molecule has 0 unspecified atom stereocenters. The quantitative estimate of drug-likeness (QED) is 0.679. The van der Waals surface area contributed by atoms with Crippen molar-refractivity contribution in [2.24, 2.45) is 16.8 Å². The fraction of sp³-hybridized carbons (Fsp3) is 0.391. The molecular weight excluding hydrogens is 455 g/mol. The minimum atomic E-state index is -3.73. The second kappa shape index (κ2) is 9.29. The molecule has 9 heteroatoms. The Kier molecular flexibility index (Phi) is 6.65. The summed E-state index contributed by atoms with van der Waals surface area (Å²) in [6.45, 7) is 1.00. The van der Waals surface area contributed by atoms with Crippen molar-refractivity contribution in [1.82, 2.24) is 4.31 Å². The summed E-state index contributed by atoms with van der Waals surface area (Å²) in [6, 6.07) is 10.6. The number of halogens is 2. The lowest BCUT2D eigenvalue weighted by molar-refractivity contribution is -0.138. The number of carboxylic acid groups (broad SMARTS) is 1. The Bertz CT molecular complexity index is 1150. The first-order valence-corrected chi connectivity index (χ1v) is 12.4. The van der Waals surface area contributed by atoms with Crippen LogP contribution in [0.15, 0.2) is 52.4 Å².